The Kier molecular flexibility index (Phi) is 4.79. The molecule has 1 aliphatic rings. The van der Waals surface area contributed by atoms with E-state index in [0.29, 0.717) is 19.0 Å². The molecule has 8 nitrogen and oxygen atoms in total. The number of aromatic nitrogens is 5. The van der Waals surface area contributed by atoms with Crippen molar-refractivity contribution >= 4 is 5.91 Å². The predicted octanol–water partition coefficient (Wildman–Crippen LogP) is -0.242. The molecule has 0 spiro atoms. The number of rotatable bonds is 6. The minimum absolute atomic E-state index is 0.0449. The second kappa shape index (κ2) is 7.17. The van der Waals surface area contributed by atoms with E-state index in [1.807, 2.05) is 12.3 Å². The molecule has 1 atom stereocenters. The quantitative estimate of drug-likeness (QED) is 0.768. The first kappa shape index (κ1) is 14.7. The van der Waals surface area contributed by atoms with Gasteiger partial charge in [-0.15, -0.1) is 0 Å². The van der Waals surface area contributed by atoms with Crippen LogP contribution in [-0.2, 0) is 17.9 Å². The molecule has 1 aliphatic heterocycles. The van der Waals surface area contributed by atoms with Crippen molar-refractivity contribution in [3.05, 3.63) is 30.6 Å². The Morgan fingerprint density at radius 2 is 2.41 bits per heavy atom. The van der Waals surface area contributed by atoms with Crippen LogP contribution in [0.25, 0.3) is 0 Å². The second-order valence-corrected chi connectivity index (χ2v) is 5.49. The Balaban J connectivity index is 1.44. The highest BCUT2D eigenvalue weighted by Gasteiger charge is 2.17. The van der Waals surface area contributed by atoms with Gasteiger partial charge in [-0.25, -0.2) is 4.98 Å². The summed E-state index contributed by atoms with van der Waals surface area (Å²) >= 11 is 0. The van der Waals surface area contributed by atoms with Crippen molar-refractivity contribution in [2.45, 2.75) is 31.8 Å². The summed E-state index contributed by atoms with van der Waals surface area (Å²) in [6, 6.07) is 2.01. The SMILES string of the molecule is O=C(Cn1ccc([C@@H]2CCCNC2)n1)NCCn1cncn1. The highest BCUT2D eigenvalue weighted by atomic mass is 16.2. The van der Waals surface area contributed by atoms with E-state index in [-0.39, 0.29) is 12.5 Å². The molecule has 3 rings (SSSR count). The maximum absolute atomic E-state index is 11.9. The average molecular weight is 303 g/mol. The smallest absolute Gasteiger partial charge is 0.241 e. The molecule has 1 amide bonds. The van der Waals surface area contributed by atoms with Crippen LogP contribution in [0, 0.1) is 0 Å². The molecule has 8 heteroatoms. The molecular weight excluding hydrogens is 282 g/mol. The lowest BCUT2D eigenvalue weighted by molar-refractivity contribution is -0.121. The molecule has 0 saturated carbocycles. The van der Waals surface area contributed by atoms with Gasteiger partial charge in [-0.1, -0.05) is 0 Å². The average Bonchev–Trinajstić information content (AvgIpc) is 3.20. The van der Waals surface area contributed by atoms with Gasteiger partial charge in [0.15, 0.2) is 0 Å². The summed E-state index contributed by atoms with van der Waals surface area (Å²) in [5.74, 6) is 0.418. The lowest BCUT2D eigenvalue weighted by atomic mass is 9.97. The maximum atomic E-state index is 11.9. The number of carbonyl (C=O) groups excluding carboxylic acids is 1. The van der Waals surface area contributed by atoms with Crippen LogP contribution in [0.3, 0.4) is 0 Å². The molecule has 0 aromatic carbocycles. The number of nitrogens with one attached hydrogen (secondary N) is 2. The first-order valence-electron chi connectivity index (χ1n) is 7.64. The van der Waals surface area contributed by atoms with E-state index in [1.165, 1.54) is 12.7 Å². The number of hydrogen-bond donors (Lipinski definition) is 2. The van der Waals surface area contributed by atoms with E-state index in [9.17, 15) is 4.79 Å². The van der Waals surface area contributed by atoms with Crippen LogP contribution >= 0.6 is 0 Å². The summed E-state index contributed by atoms with van der Waals surface area (Å²) in [6.45, 7) is 3.46. The molecule has 1 saturated heterocycles. The Labute approximate surface area is 128 Å². The van der Waals surface area contributed by atoms with E-state index in [1.54, 1.807) is 15.7 Å². The second-order valence-electron chi connectivity index (χ2n) is 5.49. The van der Waals surface area contributed by atoms with Crippen molar-refractivity contribution in [1.29, 1.82) is 0 Å². The van der Waals surface area contributed by atoms with Crippen LogP contribution in [0.2, 0.25) is 0 Å². The van der Waals surface area contributed by atoms with Crippen molar-refractivity contribution in [2.24, 2.45) is 0 Å². The largest absolute Gasteiger partial charge is 0.353 e. The van der Waals surface area contributed by atoms with E-state index < -0.39 is 0 Å². The Hall–Kier alpha value is -2.22. The molecule has 0 bridgehead atoms. The lowest BCUT2D eigenvalue weighted by Gasteiger charge is -2.20. The van der Waals surface area contributed by atoms with Crippen molar-refractivity contribution in [2.75, 3.05) is 19.6 Å². The van der Waals surface area contributed by atoms with Crippen LogP contribution in [0.1, 0.15) is 24.5 Å². The van der Waals surface area contributed by atoms with Crippen LogP contribution in [0.4, 0.5) is 0 Å². The summed E-state index contributed by atoms with van der Waals surface area (Å²) in [6.07, 6.45) is 7.33. The van der Waals surface area contributed by atoms with Crippen LogP contribution < -0.4 is 10.6 Å². The number of carbonyl (C=O) groups is 1. The molecule has 0 radical (unpaired) electrons. The van der Waals surface area contributed by atoms with Gasteiger partial charge in [-0.3, -0.25) is 14.2 Å². The Morgan fingerprint density at radius 1 is 1.45 bits per heavy atom. The van der Waals surface area contributed by atoms with Gasteiger partial charge in [0, 0.05) is 25.2 Å². The third-order valence-electron chi connectivity index (χ3n) is 3.81. The zero-order chi connectivity index (χ0) is 15.2. The van der Waals surface area contributed by atoms with E-state index in [4.69, 9.17) is 0 Å². The first-order chi connectivity index (χ1) is 10.8. The fourth-order valence-corrected chi connectivity index (χ4v) is 2.65. The highest BCUT2D eigenvalue weighted by molar-refractivity contribution is 5.75. The molecule has 2 aromatic rings. The Bertz CT molecular complexity index is 586. The standard InChI is InChI=1S/C14H21N7O/c22-14(17-5-7-21-11-16-10-18-21)9-20-6-3-13(19-20)12-2-1-4-15-8-12/h3,6,10-12,15H,1-2,4-5,7-9H2,(H,17,22)/t12-/m1/s1. The van der Waals surface area contributed by atoms with Crippen molar-refractivity contribution < 1.29 is 4.79 Å². The van der Waals surface area contributed by atoms with Gasteiger partial charge >= 0.3 is 0 Å². The van der Waals surface area contributed by atoms with Crippen LogP contribution in [0.15, 0.2) is 24.9 Å². The van der Waals surface area contributed by atoms with Gasteiger partial charge in [0.1, 0.15) is 19.2 Å². The number of amides is 1. The topological polar surface area (TPSA) is 89.7 Å². The monoisotopic (exact) mass is 303 g/mol. The molecule has 0 unspecified atom stereocenters. The summed E-state index contributed by atoms with van der Waals surface area (Å²) in [4.78, 5) is 15.8. The minimum atomic E-state index is -0.0449. The fourth-order valence-electron chi connectivity index (χ4n) is 2.65. The fraction of sp³-hybridized carbons (Fsp3) is 0.571. The Morgan fingerprint density at radius 3 is 3.18 bits per heavy atom. The minimum Gasteiger partial charge on any atom is -0.353 e. The summed E-state index contributed by atoms with van der Waals surface area (Å²) < 4.78 is 3.39. The van der Waals surface area contributed by atoms with Crippen molar-refractivity contribution in [1.82, 2.24) is 35.2 Å². The third-order valence-corrected chi connectivity index (χ3v) is 3.81. The van der Waals surface area contributed by atoms with Gasteiger partial charge in [0.05, 0.1) is 12.2 Å². The van der Waals surface area contributed by atoms with E-state index >= 15 is 0 Å². The van der Waals surface area contributed by atoms with E-state index in [0.717, 1.165) is 25.2 Å². The van der Waals surface area contributed by atoms with Gasteiger partial charge in [0.2, 0.25) is 5.91 Å². The molecule has 3 heterocycles. The zero-order valence-corrected chi connectivity index (χ0v) is 12.5. The van der Waals surface area contributed by atoms with E-state index in [2.05, 4.69) is 25.8 Å². The predicted molar refractivity (Wildman–Crippen MR) is 80.1 cm³/mol. The number of piperidine rings is 1. The lowest BCUT2D eigenvalue weighted by Crippen LogP contribution is -2.31. The molecule has 118 valence electrons. The third kappa shape index (κ3) is 3.91. The normalized spacial score (nSPS) is 18.3. The molecule has 1 fully saturated rings. The summed E-state index contributed by atoms with van der Waals surface area (Å²) in [5, 5.41) is 14.7. The van der Waals surface area contributed by atoms with Crippen LogP contribution in [-0.4, -0.2) is 50.1 Å². The summed E-state index contributed by atoms with van der Waals surface area (Å²) in [5.41, 5.74) is 1.07. The molecular formula is C14H21N7O. The molecule has 22 heavy (non-hydrogen) atoms. The number of nitrogens with zero attached hydrogens (tertiary/aromatic N) is 5. The van der Waals surface area contributed by atoms with Gasteiger partial charge < -0.3 is 10.6 Å². The molecule has 2 N–H and O–H groups in total. The first-order valence-corrected chi connectivity index (χ1v) is 7.64. The maximum Gasteiger partial charge on any atom is 0.241 e. The van der Waals surface area contributed by atoms with Crippen LogP contribution in [0.5, 0.6) is 0 Å². The highest BCUT2D eigenvalue weighted by Crippen LogP contribution is 2.21. The molecule has 0 aliphatic carbocycles. The van der Waals surface area contributed by atoms with Crippen molar-refractivity contribution in [3.63, 3.8) is 0 Å². The number of hydrogen-bond acceptors (Lipinski definition) is 5. The van der Waals surface area contributed by atoms with Gasteiger partial charge in [-0.05, 0) is 25.5 Å². The van der Waals surface area contributed by atoms with Crippen molar-refractivity contribution in [3.8, 4) is 0 Å². The zero-order valence-electron chi connectivity index (χ0n) is 12.5. The summed E-state index contributed by atoms with van der Waals surface area (Å²) in [7, 11) is 0. The van der Waals surface area contributed by atoms with Gasteiger partial charge in [0.25, 0.3) is 0 Å². The molecule has 2 aromatic heterocycles. The van der Waals surface area contributed by atoms with Gasteiger partial charge in [-0.2, -0.15) is 10.2 Å².